The molecule has 0 aliphatic rings. The van der Waals surface area contributed by atoms with Crippen molar-refractivity contribution in [3.05, 3.63) is 71.3 Å². The summed E-state index contributed by atoms with van der Waals surface area (Å²) >= 11 is 3.63. The van der Waals surface area contributed by atoms with Crippen LogP contribution in [0.2, 0.25) is 0 Å². The first-order chi connectivity index (χ1) is 9.97. The van der Waals surface area contributed by atoms with Gasteiger partial charge in [0.05, 0.1) is 5.56 Å². The molecule has 2 rings (SSSR count). The molecule has 2 aromatic rings. The first kappa shape index (κ1) is 16.1. The molecule has 0 nitrogen and oxygen atoms in total. The highest BCUT2D eigenvalue weighted by molar-refractivity contribution is 9.09. The molecule has 0 amide bonds. The predicted molar refractivity (Wildman–Crippen MR) is 82.5 cm³/mol. The Hall–Kier alpha value is -1.29. The van der Waals surface area contributed by atoms with Crippen molar-refractivity contribution in [1.29, 1.82) is 0 Å². The highest BCUT2D eigenvalue weighted by Gasteiger charge is 2.30. The van der Waals surface area contributed by atoms with Gasteiger partial charge in [-0.3, -0.25) is 0 Å². The fourth-order valence-corrected chi connectivity index (χ4v) is 2.85. The predicted octanol–water partition coefficient (Wildman–Crippen LogP) is 6.16. The molecule has 2 aromatic carbocycles. The number of aryl methyl sites for hydroxylation is 1. The number of halogens is 4. The van der Waals surface area contributed by atoms with E-state index in [9.17, 15) is 13.2 Å². The monoisotopic (exact) mass is 356 g/mol. The second-order valence-corrected chi connectivity index (χ2v) is 6.07. The Morgan fingerprint density at radius 1 is 0.952 bits per heavy atom. The third-order valence-corrected chi connectivity index (χ3v) is 4.33. The zero-order valence-electron chi connectivity index (χ0n) is 11.4. The van der Waals surface area contributed by atoms with Gasteiger partial charge in [-0.1, -0.05) is 64.5 Å². The summed E-state index contributed by atoms with van der Waals surface area (Å²) in [5.41, 5.74) is 1.36. The van der Waals surface area contributed by atoms with E-state index in [-0.39, 0.29) is 4.83 Å². The lowest BCUT2D eigenvalue weighted by atomic mass is 10.0. The van der Waals surface area contributed by atoms with E-state index in [4.69, 9.17) is 0 Å². The highest BCUT2D eigenvalue weighted by Crippen LogP contribution is 2.31. The van der Waals surface area contributed by atoms with Crippen LogP contribution in [0.3, 0.4) is 0 Å². The molecule has 112 valence electrons. The summed E-state index contributed by atoms with van der Waals surface area (Å²) in [5.74, 6) is 0. The Balaban J connectivity index is 1.89. The van der Waals surface area contributed by atoms with Gasteiger partial charge in [-0.15, -0.1) is 0 Å². The topological polar surface area (TPSA) is 0 Å². The summed E-state index contributed by atoms with van der Waals surface area (Å²) in [6, 6.07) is 15.6. The lowest BCUT2D eigenvalue weighted by molar-refractivity contribution is -0.137. The summed E-state index contributed by atoms with van der Waals surface area (Å²) in [5, 5.41) is 0. The van der Waals surface area contributed by atoms with Crippen LogP contribution in [0.5, 0.6) is 0 Å². The molecule has 0 saturated carbocycles. The molecular formula is C17H16BrF3. The van der Waals surface area contributed by atoms with Crippen LogP contribution in [0.4, 0.5) is 13.2 Å². The minimum Gasteiger partial charge on any atom is -0.166 e. The van der Waals surface area contributed by atoms with Crippen LogP contribution in [0.25, 0.3) is 0 Å². The van der Waals surface area contributed by atoms with Crippen LogP contribution in [0.1, 0.15) is 34.4 Å². The maximum atomic E-state index is 12.6. The van der Waals surface area contributed by atoms with Gasteiger partial charge in [0.25, 0.3) is 0 Å². The van der Waals surface area contributed by atoms with Crippen molar-refractivity contribution in [2.45, 2.75) is 30.3 Å². The van der Waals surface area contributed by atoms with E-state index >= 15 is 0 Å². The van der Waals surface area contributed by atoms with Crippen LogP contribution in [0, 0.1) is 0 Å². The number of rotatable bonds is 5. The fourth-order valence-electron chi connectivity index (χ4n) is 2.22. The Morgan fingerprint density at radius 3 is 2.33 bits per heavy atom. The SMILES string of the molecule is FC(F)(F)c1cccc(CCCC(Br)c2ccccc2)c1. The molecule has 0 aromatic heterocycles. The van der Waals surface area contributed by atoms with Crippen molar-refractivity contribution < 1.29 is 13.2 Å². The summed E-state index contributed by atoms with van der Waals surface area (Å²) in [4.78, 5) is 0.240. The van der Waals surface area contributed by atoms with Gasteiger partial charge in [0.1, 0.15) is 0 Å². The second kappa shape index (κ2) is 7.12. The van der Waals surface area contributed by atoms with E-state index in [2.05, 4.69) is 15.9 Å². The standard InChI is InChI=1S/C17H16BrF3/c18-16(14-8-2-1-3-9-14)11-5-7-13-6-4-10-15(12-13)17(19,20)21/h1-4,6,8-10,12,16H,5,7,11H2. The molecular weight excluding hydrogens is 341 g/mol. The van der Waals surface area contributed by atoms with Crippen molar-refractivity contribution in [3.63, 3.8) is 0 Å². The molecule has 21 heavy (non-hydrogen) atoms. The van der Waals surface area contributed by atoms with E-state index in [1.54, 1.807) is 6.07 Å². The van der Waals surface area contributed by atoms with Crippen LogP contribution >= 0.6 is 15.9 Å². The van der Waals surface area contributed by atoms with Crippen molar-refractivity contribution >= 4 is 15.9 Å². The summed E-state index contributed by atoms with van der Waals surface area (Å²) in [6.07, 6.45) is -1.89. The molecule has 0 fully saturated rings. The Kier molecular flexibility index (Phi) is 5.45. The Labute approximate surface area is 131 Å². The molecule has 0 heterocycles. The lowest BCUT2D eigenvalue weighted by Gasteiger charge is -2.11. The average Bonchev–Trinajstić information content (AvgIpc) is 2.47. The van der Waals surface area contributed by atoms with Gasteiger partial charge in [0.2, 0.25) is 0 Å². The van der Waals surface area contributed by atoms with Gasteiger partial charge in [0.15, 0.2) is 0 Å². The van der Waals surface area contributed by atoms with Gasteiger partial charge in [-0.25, -0.2) is 0 Å². The van der Waals surface area contributed by atoms with Crippen molar-refractivity contribution in [3.8, 4) is 0 Å². The quantitative estimate of drug-likeness (QED) is 0.562. The first-order valence-electron chi connectivity index (χ1n) is 6.82. The molecule has 0 aliphatic carbocycles. The normalized spacial score (nSPS) is 13.1. The molecule has 4 heteroatoms. The van der Waals surface area contributed by atoms with Crippen LogP contribution in [-0.4, -0.2) is 0 Å². The first-order valence-corrected chi connectivity index (χ1v) is 7.73. The van der Waals surface area contributed by atoms with Crippen LogP contribution in [-0.2, 0) is 12.6 Å². The Morgan fingerprint density at radius 2 is 1.67 bits per heavy atom. The largest absolute Gasteiger partial charge is 0.416 e. The molecule has 0 aliphatic heterocycles. The average molecular weight is 357 g/mol. The molecule has 1 unspecified atom stereocenters. The van der Waals surface area contributed by atoms with E-state index in [0.717, 1.165) is 24.5 Å². The van der Waals surface area contributed by atoms with Gasteiger partial charge >= 0.3 is 6.18 Å². The van der Waals surface area contributed by atoms with Crippen LogP contribution in [0.15, 0.2) is 54.6 Å². The molecule has 0 N–H and O–H groups in total. The minimum absolute atomic E-state index is 0.240. The number of alkyl halides is 4. The lowest BCUT2D eigenvalue weighted by Crippen LogP contribution is -2.05. The smallest absolute Gasteiger partial charge is 0.166 e. The van der Waals surface area contributed by atoms with Crippen molar-refractivity contribution in [1.82, 2.24) is 0 Å². The molecule has 1 atom stereocenters. The van der Waals surface area contributed by atoms with Gasteiger partial charge in [0, 0.05) is 4.83 Å². The third kappa shape index (κ3) is 4.88. The summed E-state index contributed by atoms with van der Waals surface area (Å²) < 4.78 is 37.9. The van der Waals surface area contributed by atoms with Gasteiger partial charge in [-0.2, -0.15) is 13.2 Å². The summed E-state index contributed by atoms with van der Waals surface area (Å²) in [7, 11) is 0. The molecule has 0 saturated heterocycles. The fraction of sp³-hybridized carbons (Fsp3) is 0.294. The third-order valence-electron chi connectivity index (χ3n) is 3.34. The van der Waals surface area contributed by atoms with Gasteiger partial charge in [-0.05, 0) is 36.5 Å². The number of hydrogen-bond donors (Lipinski definition) is 0. The number of hydrogen-bond acceptors (Lipinski definition) is 0. The van der Waals surface area contributed by atoms with Crippen molar-refractivity contribution in [2.75, 3.05) is 0 Å². The second-order valence-electron chi connectivity index (χ2n) is 4.97. The van der Waals surface area contributed by atoms with E-state index in [0.29, 0.717) is 6.42 Å². The maximum absolute atomic E-state index is 12.6. The van der Waals surface area contributed by atoms with Crippen LogP contribution < -0.4 is 0 Å². The summed E-state index contributed by atoms with van der Waals surface area (Å²) in [6.45, 7) is 0. The van der Waals surface area contributed by atoms with E-state index in [1.165, 1.54) is 17.7 Å². The maximum Gasteiger partial charge on any atom is 0.416 e. The molecule has 0 radical (unpaired) electrons. The zero-order chi connectivity index (χ0) is 15.3. The van der Waals surface area contributed by atoms with Crippen molar-refractivity contribution in [2.24, 2.45) is 0 Å². The van der Waals surface area contributed by atoms with E-state index in [1.807, 2.05) is 30.3 Å². The molecule has 0 spiro atoms. The Bertz CT molecular complexity index is 564. The van der Waals surface area contributed by atoms with Gasteiger partial charge < -0.3 is 0 Å². The minimum atomic E-state index is -4.27. The zero-order valence-corrected chi connectivity index (χ0v) is 13.0. The van der Waals surface area contributed by atoms with E-state index < -0.39 is 11.7 Å². The molecule has 0 bridgehead atoms. The number of benzene rings is 2. The highest BCUT2D eigenvalue weighted by atomic mass is 79.9.